The van der Waals surface area contributed by atoms with E-state index in [-0.39, 0.29) is 18.7 Å². The van der Waals surface area contributed by atoms with Crippen LogP contribution in [0.5, 0.6) is 0 Å². The number of piperidine rings is 2. The number of hydrogen-bond donors (Lipinski definition) is 2. The van der Waals surface area contributed by atoms with Crippen LogP contribution in [0.15, 0.2) is 18.2 Å². The minimum Gasteiger partial charge on any atom is -0.325 e. The quantitative estimate of drug-likeness (QED) is 0.618. The van der Waals surface area contributed by atoms with E-state index in [0.29, 0.717) is 29.6 Å². The summed E-state index contributed by atoms with van der Waals surface area (Å²) in [6, 6.07) is 4.74. The van der Waals surface area contributed by atoms with Crippen LogP contribution in [0, 0.1) is 5.92 Å². The lowest BCUT2D eigenvalue weighted by Gasteiger charge is -2.41. The molecule has 0 radical (unpaired) electrons. The lowest BCUT2D eigenvalue weighted by atomic mass is 9.93. The molecule has 4 amide bonds. The van der Waals surface area contributed by atoms with Crippen LogP contribution in [0.2, 0.25) is 0 Å². The number of fused-ring (bicyclic) bond motifs is 1. The van der Waals surface area contributed by atoms with Gasteiger partial charge in [-0.2, -0.15) is 0 Å². The van der Waals surface area contributed by atoms with Crippen LogP contribution in [0.1, 0.15) is 52.0 Å². The number of benzene rings is 1. The largest absolute Gasteiger partial charge is 0.325 e. The molecule has 1 aromatic carbocycles. The van der Waals surface area contributed by atoms with Crippen LogP contribution >= 0.6 is 0 Å². The van der Waals surface area contributed by atoms with Gasteiger partial charge in [0.15, 0.2) is 0 Å². The minimum absolute atomic E-state index is 0.120. The summed E-state index contributed by atoms with van der Waals surface area (Å²) in [7, 11) is 0. The number of carbonyl (C=O) groups is 4. The van der Waals surface area contributed by atoms with Gasteiger partial charge in [-0.15, -0.1) is 0 Å². The molecule has 1 aromatic rings. The third-order valence-corrected chi connectivity index (χ3v) is 7.16. The van der Waals surface area contributed by atoms with Crippen molar-refractivity contribution >= 4 is 23.6 Å². The first-order valence-electron chi connectivity index (χ1n) is 11.4. The molecule has 0 bridgehead atoms. The first-order chi connectivity index (χ1) is 15.4. The average Bonchev–Trinajstić information content (AvgIpc) is 3.00. The van der Waals surface area contributed by atoms with Crippen molar-refractivity contribution in [1.29, 1.82) is 0 Å². The van der Waals surface area contributed by atoms with E-state index in [1.165, 1.54) is 0 Å². The number of rotatable bonds is 5. The minimum atomic E-state index is -0.932. The molecule has 9 nitrogen and oxygen atoms in total. The van der Waals surface area contributed by atoms with Gasteiger partial charge >= 0.3 is 0 Å². The Hall–Kier alpha value is -2.62. The van der Waals surface area contributed by atoms with Crippen LogP contribution in [-0.2, 0) is 16.1 Å². The van der Waals surface area contributed by atoms with Gasteiger partial charge in [0, 0.05) is 38.6 Å². The highest BCUT2D eigenvalue weighted by Crippen LogP contribution is 2.31. The number of imide groups is 2. The topological polar surface area (TPSA) is 116 Å². The summed E-state index contributed by atoms with van der Waals surface area (Å²) >= 11 is 0. The van der Waals surface area contributed by atoms with E-state index in [4.69, 9.17) is 5.73 Å². The van der Waals surface area contributed by atoms with E-state index in [9.17, 15) is 19.2 Å². The van der Waals surface area contributed by atoms with E-state index >= 15 is 0 Å². The highest BCUT2D eigenvalue weighted by Gasteiger charge is 2.45. The fourth-order valence-electron chi connectivity index (χ4n) is 5.41. The van der Waals surface area contributed by atoms with E-state index < -0.39 is 23.8 Å². The van der Waals surface area contributed by atoms with Gasteiger partial charge in [0.1, 0.15) is 6.04 Å². The molecule has 5 rings (SSSR count). The summed E-state index contributed by atoms with van der Waals surface area (Å²) in [6.07, 6.45) is 2.50. The summed E-state index contributed by atoms with van der Waals surface area (Å²) in [5.74, 6) is -1.16. The summed E-state index contributed by atoms with van der Waals surface area (Å²) in [5.41, 5.74) is 7.45. The van der Waals surface area contributed by atoms with E-state index in [1.54, 1.807) is 12.1 Å². The predicted molar refractivity (Wildman–Crippen MR) is 116 cm³/mol. The van der Waals surface area contributed by atoms with Gasteiger partial charge in [0.25, 0.3) is 11.8 Å². The number of hydrogen-bond acceptors (Lipinski definition) is 7. The second kappa shape index (κ2) is 8.38. The van der Waals surface area contributed by atoms with Crippen molar-refractivity contribution in [2.45, 2.75) is 44.3 Å². The maximum atomic E-state index is 13.2. The molecule has 32 heavy (non-hydrogen) atoms. The standard InChI is InChI=1S/C23H29N5O4/c24-16-12-27(13-16)10-14-6-8-26(9-7-14)11-15-2-1-3-17-20(15)23(32)28(22(17)31)18-4-5-19(29)25-21(18)30/h1-3,14,16,18H,4-13,24H2,(H,25,29,30). The molecule has 1 unspecified atom stereocenters. The van der Waals surface area contributed by atoms with Gasteiger partial charge < -0.3 is 5.73 Å². The first kappa shape index (κ1) is 21.2. The molecule has 0 saturated carbocycles. The van der Waals surface area contributed by atoms with Gasteiger partial charge in [0.05, 0.1) is 11.1 Å². The molecule has 3 N–H and O–H groups in total. The summed E-state index contributed by atoms with van der Waals surface area (Å²) < 4.78 is 0. The van der Waals surface area contributed by atoms with Crippen molar-refractivity contribution in [3.05, 3.63) is 34.9 Å². The van der Waals surface area contributed by atoms with Crippen molar-refractivity contribution in [3.8, 4) is 0 Å². The second-order valence-electron chi connectivity index (χ2n) is 9.49. The number of likely N-dealkylation sites (tertiary alicyclic amines) is 2. The fourth-order valence-corrected chi connectivity index (χ4v) is 5.41. The zero-order valence-corrected chi connectivity index (χ0v) is 18.1. The second-order valence-corrected chi connectivity index (χ2v) is 9.49. The SMILES string of the molecule is NC1CN(CC2CCN(Cc3cccc4c3C(=O)N(C3CCC(=O)NC3=O)C4=O)CC2)C1. The fraction of sp³-hybridized carbons (Fsp3) is 0.565. The number of nitrogens with one attached hydrogen (secondary N) is 1. The number of amides is 4. The summed E-state index contributed by atoms with van der Waals surface area (Å²) in [5, 5.41) is 2.24. The van der Waals surface area contributed by atoms with Crippen molar-refractivity contribution in [1.82, 2.24) is 20.0 Å². The van der Waals surface area contributed by atoms with Gasteiger partial charge in [-0.1, -0.05) is 12.1 Å². The van der Waals surface area contributed by atoms with Crippen molar-refractivity contribution in [2.24, 2.45) is 11.7 Å². The maximum Gasteiger partial charge on any atom is 0.262 e. The number of carbonyl (C=O) groups excluding carboxylic acids is 4. The van der Waals surface area contributed by atoms with E-state index in [0.717, 1.165) is 56.0 Å². The maximum absolute atomic E-state index is 13.2. The number of nitrogens with two attached hydrogens (primary N) is 1. The first-order valence-corrected chi connectivity index (χ1v) is 11.4. The van der Waals surface area contributed by atoms with E-state index in [1.807, 2.05) is 6.07 Å². The van der Waals surface area contributed by atoms with Gasteiger partial charge in [0.2, 0.25) is 11.8 Å². The van der Waals surface area contributed by atoms with Gasteiger partial charge in [-0.05, 0) is 49.9 Å². The zero-order chi connectivity index (χ0) is 22.4. The molecule has 0 spiro atoms. The Morgan fingerprint density at radius 1 is 0.969 bits per heavy atom. The third-order valence-electron chi connectivity index (χ3n) is 7.16. The van der Waals surface area contributed by atoms with Crippen molar-refractivity contribution < 1.29 is 19.2 Å². The molecular formula is C23H29N5O4. The Morgan fingerprint density at radius 2 is 1.72 bits per heavy atom. The Morgan fingerprint density at radius 3 is 2.41 bits per heavy atom. The molecule has 170 valence electrons. The van der Waals surface area contributed by atoms with Crippen molar-refractivity contribution in [2.75, 3.05) is 32.7 Å². The predicted octanol–water partition coefficient (Wildman–Crippen LogP) is -0.0573. The molecule has 0 aromatic heterocycles. The van der Waals surface area contributed by atoms with Gasteiger partial charge in [-0.3, -0.25) is 39.2 Å². The molecule has 4 aliphatic rings. The Bertz CT molecular complexity index is 965. The van der Waals surface area contributed by atoms with E-state index in [2.05, 4.69) is 15.1 Å². The summed E-state index contributed by atoms with van der Waals surface area (Å²) in [4.78, 5) is 55.8. The lowest BCUT2D eigenvalue weighted by Crippen LogP contribution is -2.57. The van der Waals surface area contributed by atoms with Crippen molar-refractivity contribution in [3.63, 3.8) is 0 Å². The van der Waals surface area contributed by atoms with Crippen LogP contribution in [0.3, 0.4) is 0 Å². The van der Waals surface area contributed by atoms with Crippen LogP contribution in [-0.4, -0.2) is 83.1 Å². The Balaban J connectivity index is 1.26. The molecule has 4 aliphatic heterocycles. The number of nitrogens with zero attached hydrogens (tertiary/aromatic N) is 3. The zero-order valence-electron chi connectivity index (χ0n) is 18.1. The Labute approximate surface area is 186 Å². The molecule has 4 heterocycles. The van der Waals surface area contributed by atoms with Crippen LogP contribution < -0.4 is 11.1 Å². The monoisotopic (exact) mass is 439 g/mol. The lowest BCUT2D eigenvalue weighted by molar-refractivity contribution is -0.136. The molecule has 3 fully saturated rings. The highest BCUT2D eigenvalue weighted by molar-refractivity contribution is 6.24. The molecule has 3 saturated heterocycles. The highest BCUT2D eigenvalue weighted by atomic mass is 16.2. The molecule has 1 atom stereocenters. The smallest absolute Gasteiger partial charge is 0.262 e. The molecule has 9 heteroatoms. The Kier molecular flexibility index (Phi) is 5.56. The molecular weight excluding hydrogens is 410 g/mol. The normalized spacial score (nSPS) is 25.8. The van der Waals surface area contributed by atoms with Crippen LogP contribution in [0.25, 0.3) is 0 Å². The van der Waals surface area contributed by atoms with Crippen LogP contribution in [0.4, 0.5) is 0 Å². The third kappa shape index (κ3) is 3.85. The summed E-state index contributed by atoms with van der Waals surface area (Å²) in [6.45, 7) is 5.61. The van der Waals surface area contributed by atoms with Gasteiger partial charge in [-0.25, -0.2) is 0 Å². The average molecular weight is 440 g/mol. The molecule has 0 aliphatic carbocycles.